The molecular weight excluding hydrogens is 502 g/mol. The van der Waals surface area contributed by atoms with Gasteiger partial charge in [-0.2, -0.15) is 0 Å². The van der Waals surface area contributed by atoms with Crippen LogP contribution in [-0.2, 0) is 35.1 Å². The molecule has 0 saturated carbocycles. The highest BCUT2D eigenvalue weighted by molar-refractivity contribution is 5.78. The normalized spacial score (nSPS) is 14.1. The summed E-state index contributed by atoms with van der Waals surface area (Å²) in [5.74, 6) is -1.97. The van der Waals surface area contributed by atoms with Gasteiger partial charge in [-0.25, -0.2) is 0 Å². The van der Waals surface area contributed by atoms with E-state index in [9.17, 15) is 19.2 Å². The summed E-state index contributed by atoms with van der Waals surface area (Å²) in [6.45, 7) is 16.8. The summed E-state index contributed by atoms with van der Waals surface area (Å²) in [7, 11) is 0. The summed E-state index contributed by atoms with van der Waals surface area (Å²) in [4.78, 5) is 49.5. The van der Waals surface area contributed by atoms with Gasteiger partial charge in [0.1, 0.15) is 18.8 Å². The maximum Gasteiger partial charge on any atom is 0.323 e. The predicted molar refractivity (Wildman–Crippen MR) is 148 cm³/mol. The van der Waals surface area contributed by atoms with E-state index in [-0.39, 0.29) is 60.1 Å². The zero-order valence-corrected chi connectivity index (χ0v) is 25.1. The lowest BCUT2D eigenvalue weighted by Crippen LogP contribution is -2.36. The second-order valence-electron chi connectivity index (χ2n) is 12.6. The third-order valence-corrected chi connectivity index (χ3v) is 5.47. The Balaban J connectivity index is 2.91. The van der Waals surface area contributed by atoms with E-state index in [1.807, 2.05) is 48.5 Å². The molecule has 3 atom stereocenters. The molecule has 1 aromatic carbocycles. The van der Waals surface area contributed by atoms with E-state index in [0.717, 1.165) is 12.8 Å². The number of benzene rings is 1. The molecular formula is C30H47NO8. The van der Waals surface area contributed by atoms with Crippen molar-refractivity contribution in [2.24, 2.45) is 22.5 Å². The van der Waals surface area contributed by atoms with Crippen LogP contribution in [0.2, 0.25) is 0 Å². The van der Waals surface area contributed by atoms with Crippen LogP contribution < -0.4 is 15.2 Å². The van der Waals surface area contributed by atoms with Gasteiger partial charge in [-0.1, -0.05) is 67.9 Å². The molecule has 0 radical (unpaired) electrons. The smallest absolute Gasteiger partial charge is 0.323 e. The molecule has 0 aromatic heterocycles. The highest BCUT2D eigenvalue weighted by Crippen LogP contribution is 2.32. The van der Waals surface area contributed by atoms with Crippen molar-refractivity contribution in [3.8, 4) is 11.5 Å². The first-order valence-electron chi connectivity index (χ1n) is 13.6. The van der Waals surface area contributed by atoms with Crippen LogP contribution in [0.5, 0.6) is 11.5 Å². The molecule has 1 aromatic rings. The molecule has 0 bridgehead atoms. The van der Waals surface area contributed by atoms with E-state index in [1.165, 1.54) is 12.1 Å². The van der Waals surface area contributed by atoms with Gasteiger partial charge < -0.3 is 24.7 Å². The lowest BCUT2D eigenvalue weighted by Gasteiger charge is -2.20. The van der Waals surface area contributed by atoms with Gasteiger partial charge in [0.05, 0.1) is 18.8 Å². The van der Waals surface area contributed by atoms with Crippen LogP contribution in [0, 0.1) is 16.7 Å². The van der Waals surface area contributed by atoms with E-state index in [2.05, 4.69) is 0 Å². The second kappa shape index (κ2) is 15.0. The molecule has 1 rings (SSSR count). The standard InChI is InChI=1S/C30H47NO8/c1-10-11-19(2)27(34)37-20(3)18-36-28(35)22(31)14-21-12-13-23(38-25(32)16-29(4,5)6)24(15-21)39-26(33)17-30(7,8)9/h12-13,15,19-20,22H,10-11,14,16-18,31H2,1-9H3/t19?,20-,22-/m0/s1. The largest absolute Gasteiger partial charge is 0.461 e. The first-order chi connectivity index (χ1) is 17.9. The minimum Gasteiger partial charge on any atom is -0.461 e. The first-order valence-corrected chi connectivity index (χ1v) is 13.6. The molecule has 0 aliphatic heterocycles. The predicted octanol–water partition coefficient (Wildman–Crippen LogP) is 5.15. The number of rotatable bonds is 13. The fourth-order valence-electron chi connectivity index (χ4n) is 3.57. The monoisotopic (exact) mass is 549 g/mol. The molecule has 0 amide bonds. The van der Waals surface area contributed by atoms with Crippen molar-refractivity contribution in [3.63, 3.8) is 0 Å². The molecule has 0 heterocycles. The highest BCUT2D eigenvalue weighted by Gasteiger charge is 2.24. The second-order valence-corrected chi connectivity index (χ2v) is 12.6. The topological polar surface area (TPSA) is 131 Å². The zero-order chi connectivity index (χ0) is 30.0. The number of nitrogens with two attached hydrogens (primary N) is 1. The molecule has 0 fully saturated rings. The van der Waals surface area contributed by atoms with Gasteiger partial charge in [0.15, 0.2) is 11.5 Å². The fraction of sp³-hybridized carbons (Fsp3) is 0.667. The van der Waals surface area contributed by atoms with Crippen molar-refractivity contribution in [3.05, 3.63) is 23.8 Å². The van der Waals surface area contributed by atoms with E-state index in [1.54, 1.807) is 19.9 Å². The van der Waals surface area contributed by atoms with Crippen LogP contribution >= 0.6 is 0 Å². The Morgan fingerprint density at radius 2 is 1.38 bits per heavy atom. The Hall–Kier alpha value is -2.94. The molecule has 220 valence electrons. The van der Waals surface area contributed by atoms with E-state index in [0.29, 0.717) is 5.56 Å². The number of esters is 4. The first kappa shape index (κ1) is 34.1. The summed E-state index contributed by atoms with van der Waals surface area (Å²) in [6.07, 6.45) is 1.39. The number of ether oxygens (including phenoxy) is 4. The van der Waals surface area contributed by atoms with Crippen molar-refractivity contribution >= 4 is 23.9 Å². The molecule has 9 nitrogen and oxygen atoms in total. The third-order valence-electron chi connectivity index (χ3n) is 5.47. The third kappa shape index (κ3) is 14.1. The van der Waals surface area contributed by atoms with E-state index in [4.69, 9.17) is 24.7 Å². The summed E-state index contributed by atoms with van der Waals surface area (Å²) >= 11 is 0. The van der Waals surface area contributed by atoms with E-state index < -0.39 is 30.1 Å². The van der Waals surface area contributed by atoms with Crippen LogP contribution in [0.1, 0.15) is 93.6 Å². The van der Waals surface area contributed by atoms with Crippen molar-refractivity contribution in [2.45, 2.75) is 107 Å². The molecule has 0 aliphatic rings. The lowest BCUT2D eigenvalue weighted by atomic mass is 9.92. The van der Waals surface area contributed by atoms with Gasteiger partial charge in [-0.05, 0) is 48.3 Å². The van der Waals surface area contributed by atoms with Crippen LogP contribution in [0.25, 0.3) is 0 Å². The maximum atomic E-state index is 12.5. The van der Waals surface area contributed by atoms with Crippen molar-refractivity contribution in [2.75, 3.05) is 6.61 Å². The molecule has 2 N–H and O–H groups in total. The molecule has 9 heteroatoms. The molecule has 0 saturated heterocycles. The molecule has 0 aliphatic carbocycles. The Morgan fingerprint density at radius 1 is 0.846 bits per heavy atom. The lowest BCUT2D eigenvalue weighted by molar-refractivity contribution is -0.161. The molecule has 39 heavy (non-hydrogen) atoms. The van der Waals surface area contributed by atoms with Crippen LogP contribution in [0.3, 0.4) is 0 Å². The van der Waals surface area contributed by atoms with E-state index >= 15 is 0 Å². The Bertz CT molecular complexity index is 990. The number of carbonyl (C=O) groups is 4. The minimum absolute atomic E-state index is 0.0753. The average Bonchev–Trinajstić information content (AvgIpc) is 2.76. The van der Waals surface area contributed by atoms with Gasteiger partial charge in [-0.3, -0.25) is 19.2 Å². The average molecular weight is 550 g/mol. The van der Waals surface area contributed by atoms with Crippen LogP contribution in [-0.4, -0.2) is 42.6 Å². The summed E-state index contributed by atoms with van der Waals surface area (Å²) in [5, 5.41) is 0. The Kier molecular flexibility index (Phi) is 13.1. The van der Waals surface area contributed by atoms with Gasteiger partial charge in [0, 0.05) is 0 Å². The number of carbonyl (C=O) groups excluding carboxylic acids is 4. The van der Waals surface area contributed by atoms with Gasteiger partial charge >= 0.3 is 23.9 Å². The maximum absolute atomic E-state index is 12.5. The minimum atomic E-state index is -1.01. The van der Waals surface area contributed by atoms with Crippen molar-refractivity contribution in [1.82, 2.24) is 0 Å². The van der Waals surface area contributed by atoms with Gasteiger partial charge in [0.25, 0.3) is 0 Å². The molecule has 0 spiro atoms. The number of hydrogen-bond acceptors (Lipinski definition) is 9. The summed E-state index contributed by atoms with van der Waals surface area (Å²) in [6, 6.07) is 3.69. The van der Waals surface area contributed by atoms with Crippen molar-refractivity contribution < 1.29 is 38.1 Å². The molecule has 1 unspecified atom stereocenters. The van der Waals surface area contributed by atoms with Crippen LogP contribution in [0.4, 0.5) is 0 Å². The van der Waals surface area contributed by atoms with Gasteiger partial charge in [-0.15, -0.1) is 0 Å². The fourth-order valence-corrected chi connectivity index (χ4v) is 3.57. The zero-order valence-electron chi connectivity index (χ0n) is 25.1. The quantitative estimate of drug-likeness (QED) is 0.262. The Morgan fingerprint density at radius 3 is 1.90 bits per heavy atom. The Labute approximate surface area is 233 Å². The highest BCUT2D eigenvalue weighted by atomic mass is 16.6. The van der Waals surface area contributed by atoms with Gasteiger partial charge in [0.2, 0.25) is 0 Å². The SMILES string of the molecule is CCCC(C)C(=O)O[C@@H](C)COC(=O)[C@@H](N)Cc1ccc(OC(=O)CC(C)(C)C)c(OC(=O)CC(C)(C)C)c1. The van der Waals surface area contributed by atoms with Crippen LogP contribution in [0.15, 0.2) is 18.2 Å². The summed E-state index contributed by atoms with van der Waals surface area (Å²) < 4.78 is 21.7. The summed E-state index contributed by atoms with van der Waals surface area (Å²) in [5.41, 5.74) is 6.07. The number of hydrogen-bond donors (Lipinski definition) is 1. The van der Waals surface area contributed by atoms with Crippen molar-refractivity contribution in [1.29, 1.82) is 0 Å².